The number of aliphatic hydroxyl groups is 1. The molecule has 0 atom stereocenters. The number of hydrogen-bond acceptors (Lipinski definition) is 6. The van der Waals surface area contributed by atoms with Gasteiger partial charge in [0, 0.05) is 17.8 Å². The predicted octanol–water partition coefficient (Wildman–Crippen LogP) is 1.25. The van der Waals surface area contributed by atoms with E-state index in [-0.39, 0.29) is 6.61 Å². The summed E-state index contributed by atoms with van der Waals surface area (Å²) in [6.45, 7) is 1.89. The molecular weight excluding hydrogens is 280 g/mol. The quantitative estimate of drug-likeness (QED) is 0.732. The van der Waals surface area contributed by atoms with Crippen molar-refractivity contribution in [3.63, 3.8) is 0 Å². The molecule has 3 aromatic rings. The number of imidazole rings is 1. The van der Waals surface area contributed by atoms with Crippen LogP contribution in [0.3, 0.4) is 0 Å². The van der Waals surface area contributed by atoms with Crippen molar-refractivity contribution in [1.29, 1.82) is 0 Å². The summed E-state index contributed by atoms with van der Waals surface area (Å²) in [6.07, 6.45) is 4.80. The van der Waals surface area contributed by atoms with Crippen LogP contribution in [0.25, 0.3) is 10.8 Å². The summed E-state index contributed by atoms with van der Waals surface area (Å²) in [6, 6.07) is 0. The van der Waals surface area contributed by atoms with Crippen molar-refractivity contribution in [2.75, 3.05) is 6.61 Å². The van der Waals surface area contributed by atoms with E-state index in [2.05, 4.69) is 10.1 Å². The fraction of sp³-hybridized carbons (Fsp3) is 0.250. The molecule has 8 heteroatoms. The molecule has 0 saturated carbocycles. The first kappa shape index (κ1) is 12.8. The van der Waals surface area contributed by atoms with E-state index in [1.165, 1.54) is 22.2 Å². The molecule has 0 fully saturated rings. The molecular formula is C12H12N4O3S. The number of carbonyl (C=O) groups excluding carboxylic acids is 1. The van der Waals surface area contributed by atoms with E-state index in [1.807, 2.05) is 11.6 Å². The van der Waals surface area contributed by atoms with Crippen LogP contribution in [0.1, 0.15) is 23.0 Å². The van der Waals surface area contributed by atoms with Crippen molar-refractivity contribution < 1.29 is 14.6 Å². The zero-order chi connectivity index (χ0) is 14.1. The van der Waals surface area contributed by atoms with Crippen LogP contribution < -0.4 is 0 Å². The maximum Gasteiger partial charge on any atom is 0.341 e. The zero-order valence-electron chi connectivity index (χ0n) is 10.7. The summed E-state index contributed by atoms with van der Waals surface area (Å²) >= 11 is 1.46. The number of fused-ring (bicyclic) bond motifs is 1. The Morgan fingerprint density at radius 3 is 3.15 bits per heavy atom. The summed E-state index contributed by atoms with van der Waals surface area (Å²) < 4.78 is 8.18. The lowest BCUT2D eigenvalue weighted by Gasteiger charge is -2.00. The molecule has 0 aromatic carbocycles. The molecule has 20 heavy (non-hydrogen) atoms. The molecule has 7 nitrogen and oxygen atoms in total. The largest absolute Gasteiger partial charge is 0.462 e. The Morgan fingerprint density at radius 2 is 2.40 bits per heavy atom. The summed E-state index contributed by atoms with van der Waals surface area (Å²) in [4.78, 5) is 16.8. The van der Waals surface area contributed by atoms with Crippen molar-refractivity contribution >= 4 is 22.3 Å². The Hall–Kier alpha value is -2.19. The number of esters is 1. The average Bonchev–Trinajstić information content (AvgIpc) is 3.13. The minimum Gasteiger partial charge on any atom is -0.462 e. The second kappa shape index (κ2) is 5.06. The van der Waals surface area contributed by atoms with Crippen molar-refractivity contribution in [3.8, 4) is 5.82 Å². The third-order valence-corrected chi connectivity index (χ3v) is 3.56. The number of nitrogens with zero attached hydrogens (tertiary/aromatic N) is 4. The van der Waals surface area contributed by atoms with Crippen LogP contribution >= 0.6 is 11.3 Å². The molecule has 0 unspecified atom stereocenters. The molecule has 0 aliphatic carbocycles. The van der Waals surface area contributed by atoms with Gasteiger partial charge < -0.3 is 9.84 Å². The molecule has 3 rings (SSSR count). The number of ether oxygens (including phenoxy) is 1. The second-order valence-corrected chi connectivity index (χ2v) is 4.86. The van der Waals surface area contributed by atoms with Gasteiger partial charge in [0.2, 0.25) is 0 Å². The molecule has 0 bridgehead atoms. The maximum atomic E-state index is 11.6. The Balaban J connectivity index is 2.02. The zero-order valence-corrected chi connectivity index (χ0v) is 11.5. The van der Waals surface area contributed by atoms with Crippen molar-refractivity contribution in [2.24, 2.45) is 0 Å². The number of thiazole rings is 1. The highest BCUT2D eigenvalue weighted by molar-refractivity contribution is 7.15. The highest BCUT2D eigenvalue weighted by atomic mass is 32.1. The highest BCUT2D eigenvalue weighted by Gasteiger charge is 2.17. The fourth-order valence-corrected chi connectivity index (χ4v) is 2.64. The molecule has 3 heterocycles. The predicted molar refractivity (Wildman–Crippen MR) is 72.1 cm³/mol. The summed E-state index contributed by atoms with van der Waals surface area (Å²) in [7, 11) is 0. The van der Waals surface area contributed by atoms with Crippen molar-refractivity contribution in [3.05, 3.63) is 35.2 Å². The topological polar surface area (TPSA) is 81.7 Å². The van der Waals surface area contributed by atoms with Gasteiger partial charge in [-0.3, -0.25) is 4.40 Å². The first-order valence-electron chi connectivity index (χ1n) is 6.02. The van der Waals surface area contributed by atoms with Gasteiger partial charge in [0.15, 0.2) is 10.8 Å². The van der Waals surface area contributed by atoms with E-state index in [4.69, 9.17) is 4.74 Å². The Kier molecular flexibility index (Phi) is 3.25. The minimum atomic E-state index is -0.426. The summed E-state index contributed by atoms with van der Waals surface area (Å²) in [5.41, 5.74) is 0.979. The molecule has 0 aliphatic rings. The lowest BCUT2D eigenvalue weighted by molar-refractivity contribution is 0.0526. The lowest BCUT2D eigenvalue weighted by atomic mass is 10.4. The van der Waals surface area contributed by atoms with Crippen molar-refractivity contribution in [2.45, 2.75) is 13.5 Å². The third-order valence-electron chi connectivity index (χ3n) is 2.80. The Morgan fingerprint density at radius 1 is 1.55 bits per heavy atom. The van der Waals surface area contributed by atoms with Crippen molar-refractivity contribution in [1.82, 2.24) is 19.2 Å². The SMILES string of the molecule is CCOC(=O)c1cnn(-c2nc3sccn3c2CO)c1. The lowest BCUT2D eigenvalue weighted by Crippen LogP contribution is -2.04. The molecule has 0 aliphatic heterocycles. The molecule has 0 radical (unpaired) electrons. The molecule has 1 N–H and O–H groups in total. The van der Waals surface area contributed by atoms with Gasteiger partial charge in [-0.05, 0) is 6.92 Å². The van der Waals surface area contributed by atoms with Crippen LogP contribution in [-0.4, -0.2) is 36.8 Å². The number of rotatable bonds is 4. The van der Waals surface area contributed by atoms with Crippen LogP contribution in [0.15, 0.2) is 24.0 Å². The highest BCUT2D eigenvalue weighted by Crippen LogP contribution is 2.20. The normalized spacial score (nSPS) is 11.1. The van der Waals surface area contributed by atoms with E-state index in [1.54, 1.807) is 17.5 Å². The standard InChI is InChI=1S/C12H12N4O3S/c1-2-19-11(18)8-5-13-16(6-8)10-9(7-17)15-3-4-20-12(15)14-10/h3-6,17H,2,7H2,1H3. The van der Waals surface area contributed by atoms with Gasteiger partial charge >= 0.3 is 5.97 Å². The number of hydrogen-bond donors (Lipinski definition) is 1. The fourth-order valence-electron chi connectivity index (χ4n) is 1.91. The van der Waals surface area contributed by atoms with Crippen LogP contribution in [0, 0.1) is 0 Å². The van der Waals surface area contributed by atoms with Gasteiger partial charge in [-0.25, -0.2) is 9.48 Å². The molecule has 0 spiro atoms. The number of aromatic nitrogens is 4. The van der Waals surface area contributed by atoms with Gasteiger partial charge in [0.05, 0.1) is 30.7 Å². The van der Waals surface area contributed by atoms with Gasteiger partial charge in [-0.1, -0.05) is 0 Å². The monoisotopic (exact) mass is 292 g/mol. The average molecular weight is 292 g/mol. The molecule has 3 aromatic heterocycles. The van der Waals surface area contributed by atoms with Gasteiger partial charge in [0.25, 0.3) is 0 Å². The number of aliphatic hydroxyl groups excluding tert-OH is 1. The van der Waals surface area contributed by atoms with E-state index >= 15 is 0 Å². The Bertz CT molecular complexity index is 758. The van der Waals surface area contributed by atoms with Gasteiger partial charge in [0.1, 0.15) is 0 Å². The Labute approximate surface area is 118 Å². The van der Waals surface area contributed by atoms with E-state index in [9.17, 15) is 9.90 Å². The van der Waals surface area contributed by atoms with Crippen LogP contribution in [0.4, 0.5) is 0 Å². The molecule has 104 valence electrons. The second-order valence-electron chi connectivity index (χ2n) is 3.99. The van der Waals surface area contributed by atoms with E-state index < -0.39 is 5.97 Å². The minimum absolute atomic E-state index is 0.165. The van der Waals surface area contributed by atoms with E-state index in [0.29, 0.717) is 23.7 Å². The smallest absolute Gasteiger partial charge is 0.341 e. The summed E-state index contributed by atoms with van der Waals surface area (Å²) in [5.74, 6) is 0.0835. The van der Waals surface area contributed by atoms with E-state index in [0.717, 1.165) is 4.96 Å². The van der Waals surface area contributed by atoms with Crippen LogP contribution in [-0.2, 0) is 11.3 Å². The van der Waals surface area contributed by atoms with Gasteiger partial charge in [-0.2, -0.15) is 10.1 Å². The first-order valence-corrected chi connectivity index (χ1v) is 6.90. The van der Waals surface area contributed by atoms with Gasteiger partial charge in [-0.15, -0.1) is 11.3 Å². The third kappa shape index (κ3) is 1.98. The molecule has 0 saturated heterocycles. The molecule has 0 amide bonds. The van der Waals surface area contributed by atoms with Crippen LogP contribution in [0.2, 0.25) is 0 Å². The summed E-state index contributed by atoms with van der Waals surface area (Å²) in [5, 5.41) is 15.5. The maximum absolute atomic E-state index is 11.6. The number of carbonyl (C=O) groups is 1. The van der Waals surface area contributed by atoms with Crippen LogP contribution in [0.5, 0.6) is 0 Å². The first-order chi connectivity index (χ1) is 9.74.